The number of hydrogen-bond acceptors (Lipinski definition) is 5. The first-order chi connectivity index (χ1) is 19.2. The van der Waals surface area contributed by atoms with Crippen molar-refractivity contribution >= 4 is 28.5 Å². The molecule has 5 rings (SSSR count). The van der Waals surface area contributed by atoms with Crippen molar-refractivity contribution in [3.05, 3.63) is 77.0 Å². The Labute approximate surface area is 235 Å². The van der Waals surface area contributed by atoms with Crippen molar-refractivity contribution in [3.8, 4) is 23.0 Å². The third-order valence-corrected chi connectivity index (χ3v) is 7.67. The summed E-state index contributed by atoms with van der Waals surface area (Å²) in [6.45, 7) is 11.5. The van der Waals surface area contributed by atoms with Crippen molar-refractivity contribution in [3.63, 3.8) is 0 Å². The van der Waals surface area contributed by atoms with E-state index in [-0.39, 0.29) is 23.1 Å². The van der Waals surface area contributed by atoms with Crippen molar-refractivity contribution in [1.29, 1.82) is 0 Å². The summed E-state index contributed by atoms with van der Waals surface area (Å²) in [5.41, 5.74) is 6.73. The summed E-state index contributed by atoms with van der Waals surface area (Å²) in [4.78, 5) is 31.7. The quantitative estimate of drug-likeness (QED) is 0.245. The number of H-pyrrole nitrogens is 1. The zero-order valence-electron chi connectivity index (χ0n) is 23.8. The van der Waals surface area contributed by atoms with Gasteiger partial charge in [-0.2, -0.15) is 5.10 Å². The molecule has 7 heteroatoms. The Morgan fingerprint density at radius 3 is 2.60 bits per heavy atom. The first-order valence-electron chi connectivity index (χ1n) is 13.7. The molecule has 0 spiro atoms. The minimum Gasteiger partial charge on any atom is -0.363 e. The monoisotopic (exact) mass is 533 g/mol. The van der Waals surface area contributed by atoms with Crippen LogP contribution in [-0.4, -0.2) is 50.9 Å². The molecular weight excluding hydrogens is 498 g/mol. The van der Waals surface area contributed by atoms with Crippen LogP contribution < -0.4 is 5.32 Å². The number of Topliss-reactive ketones (excluding diaryl/α,β-unsaturated/α-hetero) is 1. The van der Waals surface area contributed by atoms with E-state index >= 15 is 0 Å². The number of fused-ring (bicyclic) bond motifs is 1. The fourth-order valence-corrected chi connectivity index (χ4v) is 5.32. The second-order valence-corrected chi connectivity index (χ2v) is 11.4. The number of carbonyl (C=O) groups excluding carboxylic acids is 2. The highest BCUT2D eigenvalue weighted by atomic mass is 16.2. The molecule has 3 heterocycles. The molecule has 2 aromatic heterocycles. The standard InChI is InChI=1S/C33H35N5O2/c1-6-8-29(40)38-18-16-25(20-38)35-32-30-27(15-17-34-31(30)36-37-32)26-10-7-9-23(21(26)2)19-28(39)22-11-13-24(14-12-22)33(3,4)5/h7,9-15,17,25H,16,18-20H2,1-5H3,(H2,34,35,36,37)/t25-/m1/s1. The summed E-state index contributed by atoms with van der Waals surface area (Å²) in [5.74, 6) is 5.97. The summed E-state index contributed by atoms with van der Waals surface area (Å²) in [6, 6.07) is 16.1. The maximum atomic E-state index is 13.2. The van der Waals surface area contributed by atoms with E-state index in [0.717, 1.165) is 39.6 Å². The SMILES string of the molecule is CC#CC(=O)N1CC[C@@H](Nc2n[nH]c3nccc(-c4cccc(CC(=O)c5ccc(C(C)(C)C)cc5)c4C)c23)C1. The van der Waals surface area contributed by atoms with Crippen LogP contribution in [0.1, 0.15) is 61.2 Å². The number of likely N-dealkylation sites (tertiary alicyclic amines) is 1. The molecule has 0 aliphatic carbocycles. The predicted molar refractivity (Wildman–Crippen MR) is 159 cm³/mol. The molecule has 40 heavy (non-hydrogen) atoms. The smallest absolute Gasteiger partial charge is 0.298 e. The Kier molecular flexibility index (Phi) is 7.44. The van der Waals surface area contributed by atoms with Crippen LogP contribution in [0.25, 0.3) is 22.2 Å². The summed E-state index contributed by atoms with van der Waals surface area (Å²) < 4.78 is 0. The van der Waals surface area contributed by atoms with E-state index in [2.05, 4.69) is 66.1 Å². The molecule has 7 nitrogen and oxygen atoms in total. The highest BCUT2D eigenvalue weighted by molar-refractivity contribution is 6.02. The number of amides is 1. The first-order valence-corrected chi connectivity index (χ1v) is 13.7. The van der Waals surface area contributed by atoms with Crippen LogP contribution in [0.2, 0.25) is 0 Å². The van der Waals surface area contributed by atoms with Crippen molar-refractivity contribution < 1.29 is 9.59 Å². The van der Waals surface area contributed by atoms with Crippen LogP contribution in [-0.2, 0) is 16.6 Å². The van der Waals surface area contributed by atoms with Gasteiger partial charge >= 0.3 is 0 Å². The van der Waals surface area contributed by atoms with Crippen LogP contribution in [0, 0.1) is 18.8 Å². The average molecular weight is 534 g/mol. The van der Waals surface area contributed by atoms with Gasteiger partial charge in [-0.25, -0.2) is 4.98 Å². The third-order valence-electron chi connectivity index (χ3n) is 7.67. The third kappa shape index (κ3) is 5.48. The zero-order chi connectivity index (χ0) is 28.4. The van der Waals surface area contributed by atoms with Crippen LogP contribution in [0.4, 0.5) is 5.82 Å². The summed E-state index contributed by atoms with van der Waals surface area (Å²) in [6.07, 6.45) is 2.91. The Hall–Kier alpha value is -4.44. The van der Waals surface area contributed by atoms with E-state index in [1.807, 2.05) is 42.5 Å². The number of pyridine rings is 1. The van der Waals surface area contributed by atoms with E-state index in [1.54, 1.807) is 18.0 Å². The molecule has 0 saturated carbocycles. The topological polar surface area (TPSA) is 91.0 Å². The number of aromatic nitrogens is 3. The molecule has 1 fully saturated rings. The molecule has 2 aromatic carbocycles. The van der Waals surface area contributed by atoms with Gasteiger partial charge in [0.15, 0.2) is 17.2 Å². The van der Waals surface area contributed by atoms with Gasteiger partial charge < -0.3 is 10.2 Å². The minimum atomic E-state index is -0.145. The Bertz CT molecular complexity index is 1630. The second kappa shape index (κ2) is 11.0. The average Bonchev–Trinajstić information content (AvgIpc) is 3.57. The summed E-state index contributed by atoms with van der Waals surface area (Å²) >= 11 is 0. The fourth-order valence-electron chi connectivity index (χ4n) is 5.32. The number of hydrogen-bond donors (Lipinski definition) is 2. The predicted octanol–water partition coefficient (Wildman–Crippen LogP) is 5.69. The Morgan fingerprint density at radius 1 is 1.10 bits per heavy atom. The molecule has 1 aliphatic rings. The summed E-state index contributed by atoms with van der Waals surface area (Å²) in [5, 5.41) is 12.0. The van der Waals surface area contributed by atoms with Gasteiger partial charge in [0.25, 0.3) is 5.91 Å². The number of ketones is 1. The molecule has 204 valence electrons. The fraction of sp³-hybridized carbons (Fsp3) is 0.333. The molecule has 1 saturated heterocycles. The number of anilines is 1. The first kappa shape index (κ1) is 27.1. The van der Waals surface area contributed by atoms with Gasteiger partial charge in [-0.15, -0.1) is 0 Å². The highest BCUT2D eigenvalue weighted by Crippen LogP contribution is 2.35. The van der Waals surface area contributed by atoms with E-state index in [0.29, 0.717) is 31.0 Å². The number of carbonyl (C=O) groups is 2. The second-order valence-electron chi connectivity index (χ2n) is 11.4. The number of nitrogens with one attached hydrogen (secondary N) is 2. The zero-order valence-corrected chi connectivity index (χ0v) is 23.8. The molecule has 4 aromatic rings. The van der Waals surface area contributed by atoms with Crippen LogP contribution >= 0.6 is 0 Å². The molecule has 0 bridgehead atoms. The van der Waals surface area contributed by atoms with Crippen LogP contribution in [0.5, 0.6) is 0 Å². The minimum absolute atomic E-state index is 0.0431. The number of nitrogens with zero attached hydrogens (tertiary/aromatic N) is 3. The molecule has 0 unspecified atom stereocenters. The molecule has 0 radical (unpaired) electrons. The highest BCUT2D eigenvalue weighted by Gasteiger charge is 2.27. The molecular formula is C33H35N5O2. The van der Waals surface area contributed by atoms with Gasteiger partial charge in [-0.1, -0.05) is 69.2 Å². The van der Waals surface area contributed by atoms with Gasteiger partial charge in [-0.3, -0.25) is 14.7 Å². The lowest BCUT2D eigenvalue weighted by Gasteiger charge is -2.19. The van der Waals surface area contributed by atoms with Gasteiger partial charge in [0.2, 0.25) is 0 Å². The normalized spacial score (nSPS) is 15.1. The van der Waals surface area contributed by atoms with Gasteiger partial charge in [0.1, 0.15) is 0 Å². The van der Waals surface area contributed by atoms with E-state index < -0.39 is 0 Å². The molecule has 1 amide bonds. The maximum Gasteiger partial charge on any atom is 0.298 e. The van der Waals surface area contributed by atoms with Crippen LogP contribution in [0.15, 0.2) is 54.7 Å². The largest absolute Gasteiger partial charge is 0.363 e. The number of aromatic amines is 1. The van der Waals surface area contributed by atoms with Crippen molar-refractivity contribution in [2.45, 2.75) is 58.9 Å². The van der Waals surface area contributed by atoms with Crippen molar-refractivity contribution in [2.75, 3.05) is 18.4 Å². The number of rotatable bonds is 6. The molecule has 2 N–H and O–H groups in total. The Morgan fingerprint density at radius 2 is 1.88 bits per heavy atom. The van der Waals surface area contributed by atoms with E-state index in [4.69, 9.17) is 0 Å². The summed E-state index contributed by atoms with van der Waals surface area (Å²) in [7, 11) is 0. The van der Waals surface area contributed by atoms with Gasteiger partial charge in [0.05, 0.1) is 5.39 Å². The van der Waals surface area contributed by atoms with Gasteiger partial charge in [0, 0.05) is 37.3 Å². The lowest BCUT2D eigenvalue weighted by Crippen LogP contribution is -2.30. The van der Waals surface area contributed by atoms with Crippen molar-refractivity contribution in [2.24, 2.45) is 0 Å². The van der Waals surface area contributed by atoms with E-state index in [9.17, 15) is 9.59 Å². The lowest BCUT2D eigenvalue weighted by molar-refractivity contribution is -0.124. The molecule has 1 aliphatic heterocycles. The van der Waals surface area contributed by atoms with Crippen molar-refractivity contribution in [1.82, 2.24) is 20.1 Å². The van der Waals surface area contributed by atoms with Gasteiger partial charge in [-0.05, 0) is 65.5 Å². The maximum absolute atomic E-state index is 13.2. The molecule has 1 atom stereocenters. The van der Waals surface area contributed by atoms with E-state index in [1.165, 1.54) is 5.56 Å². The number of benzene rings is 2. The Balaban J connectivity index is 1.41. The van der Waals surface area contributed by atoms with Crippen LogP contribution in [0.3, 0.4) is 0 Å². The lowest BCUT2D eigenvalue weighted by atomic mass is 9.86.